The molecule has 0 heterocycles. The van der Waals surface area contributed by atoms with E-state index in [1.54, 1.807) is 18.2 Å². The third-order valence-corrected chi connectivity index (χ3v) is 3.88. The second-order valence-electron chi connectivity index (χ2n) is 5.52. The van der Waals surface area contributed by atoms with Crippen LogP contribution in [0.4, 0.5) is 14.5 Å². The highest BCUT2D eigenvalue weighted by atomic mass is 19.3. The lowest BCUT2D eigenvalue weighted by Gasteiger charge is -2.34. The summed E-state index contributed by atoms with van der Waals surface area (Å²) in [7, 11) is 0. The summed E-state index contributed by atoms with van der Waals surface area (Å²) in [6.07, 6.45) is 3.43. The molecule has 4 heteroatoms. The van der Waals surface area contributed by atoms with E-state index < -0.39 is 6.61 Å². The first-order chi connectivity index (χ1) is 9.06. The van der Waals surface area contributed by atoms with Gasteiger partial charge in [0.05, 0.1) is 5.69 Å². The van der Waals surface area contributed by atoms with Gasteiger partial charge in [0.25, 0.3) is 0 Å². The summed E-state index contributed by atoms with van der Waals surface area (Å²) in [5, 5.41) is 3.37. The maximum atomic E-state index is 12.4. The molecule has 2 nitrogen and oxygen atoms in total. The average molecular weight is 269 g/mol. The number of anilines is 1. The van der Waals surface area contributed by atoms with Crippen molar-refractivity contribution >= 4 is 5.69 Å². The summed E-state index contributed by atoms with van der Waals surface area (Å²) >= 11 is 0. The van der Waals surface area contributed by atoms with Crippen LogP contribution in [0.25, 0.3) is 0 Å². The van der Waals surface area contributed by atoms with Crippen molar-refractivity contribution in [3.8, 4) is 5.75 Å². The van der Waals surface area contributed by atoms with Gasteiger partial charge in [-0.25, -0.2) is 0 Å². The monoisotopic (exact) mass is 269 g/mol. The number of para-hydroxylation sites is 2. The van der Waals surface area contributed by atoms with E-state index >= 15 is 0 Å². The molecular weight excluding hydrogens is 248 g/mol. The summed E-state index contributed by atoms with van der Waals surface area (Å²) in [6, 6.07) is 7.23. The minimum absolute atomic E-state index is 0.225. The van der Waals surface area contributed by atoms with Gasteiger partial charge in [-0.2, -0.15) is 8.78 Å². The predicted molar refractivity (Wildman–Crippen MR) is 72.7 cm³/mol. The molecule has 0 spiro atoms. The van der Waals surface area contributed by atoms with Gasteiger partial charge in [-0.1, -0.05) is 26.0 Å². The van der Waals surface area contributed by atoms with Crippen molar-refractivity contribution in [3.05, 3.63) is 24.3 Å². The molecule has 3 unspecified atom stereocenters. The Morgan fingerprint density at radius 2 is 1.95 bits per heavy atom. The molecule has 1 fully saturated rings. The zero-order chi connectivity index (χ0) is 13.8. The highest BCUT2D eigenvalue weighted by molar-refractivity contribution is 5.56. The Kier molecular flexibility index (Phi) is 4.61. The summed E-state index contributed by atoms with van der Waals surface area (Å²) in [6.45, 7) is 1.69. The van der Waals surface area contributed by atoms with E-state index in [1.807, 2.05) is 6.07 Å². The van der Waals surface area contributed by atoms with Gasteiger partial charge < -0.3 is 10.1 Å². The van der Waals surface area contributed by atoms with Crippen LogP contribution in [-0.4, -0.2) is 12.7 Å². The Bertz CT molecular complexity index is 411. The Hall–Kier alpha value is -1.32. The van der Waals surface area contributed by atoms with Crippen molar-refractivity contribution in [2.24, 2.45) is 11.8 Å². The van der Waals surface area contributed by atoms with Gasteiger partial charge in [0.15, 0.2) is 0 Å². The van der Waals surface area contributed by atoms with E-state index in [0.717, 1.165) is 12.3 Å². The minimum atomic E-state index is -2.79. The van der Waals surface area contributed by atoms with Gasteiger partial charge in [-0.05, 0) is 43.2 Å². The summed E-state index contributed by atoms with van der Waals surface area (Å²) in [5.74, 6) is 1.52. The zero-order valence-electron chi connectivity index (χ0n) is 11.4. The Morgan fingerprint density at radius 1 is 1.21 bits per heavy atom. The van der Waals surface area contributed by atoms with E-state index in [-0.39, 0.29) is 5.75 Å². The molecule has 0 saturated heterocycles. The molecule has 0 aliphatic heterocycles. The van der Waals surface area contributed by atoms with Crippen LogP contribution in [0.15, 0.2) is 24.3 Å². The van der Waals surface area contributed by atoms with Crippen LogP contribution in [-0.2, 0) is 0 Å². The summed E-state index contributed by atoms with van der Waals surface area (Å²) in [4.78, 5) is 0. The number of hydrogen-bond acceptors (Lipinski definition) is 2. The Labute approximate surface area is 113 Å². The molecule has 3 atom stereocenters. The van der Waals surface area contributed by atoms with Crippen LogP contribution in [0.5, 0.6) is 5.75 Å². The Balaban J connectivity index is 2.06. The summed E-state index contributed by atoms with van der Waals surface area (Å²) in [5.41, 5.74) is 0.661. The lowest BCUT2D eigenvalue weighted by atomic mass is 9.80. The van der Waals surface area contributed by atoms with Crippen LogP contribution in [0.2, 0.25) is 0 Å². The molecule has 1 saturated carbocycles. The average Bonchev–Trinajstić information content (AvgIpc) is 2.34. The van der Waals surface area contributed by atoms with Crippen LogP contribution in [0, 0.1) is 11.8 Å². The van der Waals surface area contributed by atoms with Crippen molar-refractivity contribution in [2.75, 3.05) is 5.32 Å². The van der Waals surface area contributed by atoms with Gasteiger partial charge in [-0.3, -0.25) is 0 Å². The highest BCUT2D eigenvalue weighted by Crippen LogP contribution is 2.33. The fourth-order valence-electron chi connectivity index (χ4n) is 2.86. The molecule has 19 heavy (non-hydrogen) atoms. The van der Waals surface area contributed by atoms with E-state index in [2.05, 4.69) is 23.9 Å². The molecule has 1 aromatic carbocycles. The molecule has 1 aliphatic carbocycles. The first-order valence-corrected chi connectivity index (χ1v) is 6.86. The van der Waals surface area contributed by atoms with Crippen molar-refractivity contribution < 1.29 is 13.5 Å². The van der Waals surface area contributed by atoms with Crippen molar-refractivity contribution in [1.29, 1.82) is 0 Å². The van der Waals surface area contributed by atoms with Crippen LogP contribution in [0.1, 0.15) is 33.1 Å². The fraction of sp³-hybridized carbons (Fsp3) is 0.600. The first-order valence-electron chi connectivity index (χ1n) is 6.86. The van der Waals surface area contributed by atoms with Gasteiger partial charge in [0.2, 0.25) is 0 Å². The highest BCUT2D eigenvalue weighted by Gasteiger charge is 2.25. The standard InChI is InChI=1S/C15H21F2NO/c1-10-7-8-12(11(2)9-10)18-13-5-3-4-6-14(13)19-15(16)17/h3-6,10-12,15,18H,7-9H2,1-2H3. The molecular formula is C15H21F2NO. The lowest BCUT2D eigenvalue weighted by Crippen LogP contribution is -2.33. The van der Waals surface area contributed by atoms with Gasteiger partial charge in [-0.15, -0.1) is 0 Å². The second kappa shape index (κ2) is 6.22. The van der Waals surface area contributed by atoms with E-state index in [9.17, 15) is 8.78 Å². The molecule has 1 N–H and O–H groups in total. The van der Waals surface area contributed by atoms with Crippen LogP contribution >= 0.6 is 0 Å². The summed E-state index contributed by atoms with van der Waals surface area (Å²) < 4.78 is 29.3. The number of hydrogen-bond donors (Lipinski definition) is 1. The van der Waals surface area contributed by atoms with Gasteiger partial charge >= 0.3 is 6.61 Å². The largest absolute Gasteiger partial charge is 0.433 e. The van der Waals surface area contributed by atoms with Crippen molar-refractivity contribution in [3.63, 3.8) is 0 Å². The van der Waals surface area contributed by atoms with Crippen LogP contribution < -0.4 is 10.1 Å². The van der Waals surface area contributed by atoms with Crippen LogP contribution in [0.3, 0.4) is 0 Å². The Morgan fingerprint density at radius 3 is 2.63 bits per heavy atom. The first kappa shape index (κ1) is 14.1. The molecule has 0 amide bonds. The van der Waals surface area contributed by atoms with E-state index in [0.29, 0.717) is 17.6 Å². The zero-order valence-corrected chi connectivity index (χ0v) is 11.4. The smallest absolute Gasteiger partial charge is 0.387 e. The number of alkyl halides is 2. The fourth-order valence-corrected chi connectivity index (χ4v) is 2.86. The molecule has 1 aromatic rings. The molecule has 0 aromatic heterocycles. The quantitative estimate of drug-likeness (QED) is 0.867. The van der Waals surface area contributed by atoms with Gasteiger partial charge in [0, 0.05) is 6.04 Å². The predicted octanol–water partition coefficient (Wildman–Crippen LogP) is 4.52. The molecule has 0 radical (unpaired) electrons. The normalized spacial score (nSPS) is 27.3. The minimum Gasteiger partial charge on any atom is -0.433 e. The SMILES string of the molecule is CC1CCC(Nc2ccccc2OC(F)F)C(C)C1. The molecule has 0 bridgehead atoms. The van der Waals surface area contributed by atoms with Gasteiger partial charge in [0.1, 0.15) is 5.75 Å². The van der Waals surface area contributed by atoms with Crippen molar-refractivity contribution in [1.82, 2.24) is 0 Å². The maximum absolute atomic E-state index is 12.4. The molecule has 1 aliphatic rings. The molecule has 2 rings (SSSR count). The third-order valence-electron chi connectivity index (χ3n) is 3.88. The number of rotatable bonds is 4. The third kappa shape index (κ3) is 3.82. The number of ether oxygens (including phenoxy) is 1. The number of benzene rings is 1. The second-order valence-corrected chi connectivity index (χ2v) is 5.52. The van der Waals surface area contributed by atoms with Crippen molar-refractivity contribution in [2.45, 2.75) is 45.8 Å². The van der Waals surface area contributed by atoms with E-state index in [4.69, 9.17) is 0 Å². The molecule has 106 valence electrons. The lowest BCUT2D eigenvalue weighted by molar-refractivity contribution is -0.0494. The number of halogens is 2. The number of nitrogens with one attached hydrogen (secondary N) is 1. The van der Waals surface area contributed by atoms with E-state index in [1.165, 1.54) is 12.8 Å². The maximum Gasteiger partial charge on any atom is 0.387 e. The topological polar surface area (TPSA) is 21.3 Å².